The zero-order valence-corrected chi connectivity index (χ0v) is 8.87. The summed E-state index contributed by atoms with van der Waals surface area (Å²) in [6, 6.07) is 8.28. The topological polar surface area (TPSA) is 13.1 Å². The molecule has 72 valence electrons. The Labute approximate surface area is 89.7 Å². The highest BCUT2D eigenvalue weighted by molar-refractivity contribution is 9.09. The van der Waals surface area contributed by atoms with Crippen molar-refractivity contribution < 1.29 is 8.81 Å². The Balaban J connectivity index is 2.28. The first-order chi connectivity index (χ1) is 6.77. The minimum Gasteiger partial charge on any atom is -0.472 e. The predicted octanol–water partition coefficient (Wildman–Crippen LogP) is 3.90. The molecule has 0 aliphatic rings. The molecule has 0 spiro atoms. The molecule has 3 heteroatoms. The van der Waals surface area contributed by atoms with Gasteiger partial charge in [0.2, 0.25) is 0 Å². The number of alkyl halides is 1. The molecule has 0 amide bonds. The van der Waals surface area contributed by atoms with E-state index < -0.39 is 0 Å². The monoisotopic (exact) mass is 254 g/mol. The second-order valence-corrected chi connectivity index (χ2v) is 3.89. The lowest BCUT2D eigenvalue weighted by atomic mass is 10.1. The molecule has 2 rings (SSSR count). The van der Waals surface area contributed by atoms with E-state index >= 15 is 0 Å². The molecule has 0 bridgehead atoms. The summed E-state index contributed by atoms with van der Waals surface area (Å²) >= 11 is 3.52. The number of hydrogen-bond acceptors (Lipinski definition) is 1. The van der Waals surface area contributed by atoms with Gasteiger partial charge in [-0.05, 0) is 23.8 Å². The third-order valence-corrected chi connectivity index (χ3v) is 3.06. The van der Waals surface area contributed by atoms with E-state index in [0.717, 1.165) is 11.1 Å². The lowest BCUT2D eigenvalue weighted by Gasteiger charge is -2.06. The highest BCUT2D eigenvalue weighted by Crippen LogP contribution is 2.30. The van der Waals surface area contributed by atoms with Crippen LogP contribution in [-0.2, 0) is 0 Å². The van der Waals surface area contributed by atoms with Crippen LogP contribution in [-0.4, -0.2) is 0 Å². The van der Waals surface area contributed by atoms with Crippen LogP contribution >= 0.6 is 15.9 Å². The number of rotatable bonds is 2. The van der Waals surface area contributed by atoms with Crippen LogP contribution in [0.4, 0.5) is 4.39 Å². The molecule has 2 aromatic rings. The fourth-order valence-corrected chi connectivity index (χ4v) is 1.81. The zero-order valence-electron chi connectivity index (χ0n) is 7.28. The van der Waals surface area contributed by atoms with Crippen LogP contribution in [0.3, 0.4) is 0 Å². The van der Waals surface area contributed by atoms with Crippen molar-refractivity contribution in [2.75, 3.05) is 0 Å². The van der Waals surface area contributed by atoms with Gasteiger partial charge in [-0.3, -0.25) is 0 Å². The maximum Gasteiger partial charge on any atom is 0.123 e. The fraction of sp³-hybridized carbons (Fsp3) is 0.0909. The molecular formula is C11H8BrFO. The highest BCUT2D eigenvalue weighted by atomic mass is 79.9. The molecule has 1 unspecified atom stereocenters. The van der Waals surface area contributed by atoms with Crippen molar-refractivity contribution in [2.45, 2.75) is 4.83 Å². The second-order valence-electron chi connectivity index (χ2n) is 2.97. The van der Waals surface area contributed by atoms with Gasteiger partial charge in [0, 0.05) is 5.56 Å². The summed E-state index contributed by atoms with van der Waals surface area (Å²) in [5.74, 6) is -0.222. The molecule has 1 heterocycles. The summed E-state index contributed by atoms with van der Waals surface area (Å²) in [6.45, 7) is 0. The van der Waals surface area contributed by atoms with Gasteiger partial charge in [0.15, 0.2) is 0 Å². The molecule has 1 aromatic carbocycles. The Kier molecular flexibility index (Phi) is 2.68. The molecule has 0 fully saturated rings. The third kappa shape index (κ3) is 1.87. The molecule has 1 atom stereocenters. The maximum atomic E-state index is 12.7. The van der Waals surface area contributed by atoms with E-state index in [-0.39, 0.29) is 10.6 Å². The molecule has 0 aliphatic carbocycles. The minimum atomic E-state index is -0.222. The first kappa shape index (κ1) is 9.46. The number of hydrogen-bond donors (Lipinski definition) is 0. The SMILES string of the molecule is Fc1ccc(C(Br)c2ccoc2)cc1. The lowest BCUT2D eigenvalue weighted by molar-refractivity contribution is 0.564. The normalized spacial score (nSPS) is 12.7. The second kappa shape index (κ2) is 3.96. The summed E-state index contributed by atoms with van der Waals surface area (Å²) in [5, 5.41) is 0. The van der Waals surface area contributed by atoms with Gasteiger partial charge in [-0.1, -0.05) is 28.1 Å². The van der Waals surface area contributed by atoms with Gasteiger partial charge >= 0.3 is 0 Å². The van der Waals surface area contributed by atoms with E-state index in [0.29, 0.717) is 0 Å². The Morgan fingerprint density at radius 2 is 1.79 bits per heavy atom. The average molecular weight is 255 g/mol. The third-order valence-electron chi connectivity index (χ3n) is 2.00. The molecule has 0 saturated heterocycles. The van der Waals surface area contributed by atoms with Crippen molar-refractivity contribution in [1.82, 2.24) is 0 Å². The van der Waals surface area contributed by atoms with E-state index in [1.165, 1.54) is 12.1 Å². The molecule has 14 heavy (non-hydrogen) atoms. The molecule has 1 aromatic heterocycles. The Morgan fingerprint density at radius 1 is 1.07 bits per heavy atom. The van der Waals surface area contributed by atoms with Gasteiger partial charge in [0.25, 0.3) is 0 Å². The summed E-state index contributed by atoms with van der Waals surface area (Å²) in [4.78, 5) is 0.0573. The van der Waals surface area contributed by atoms with E-state index in [4.69, 9.17) is 4.42 Å². The van der Waals surface area contributed by atoms with Crippen LogP contribution in [0.1, 0.15) is 16.0 Å². The van der Waals surface area contributed by atoms with E-state index in [1.54, 1.807) is 24.7 Å². The van der Waals surface area contributed by atoms with Crippen LogP contribution in [0.15, 0.2) is 47.3 Å². The molecule has 0 aliphatic heterocycles. The van der Waals surface area contributed by atoms with Gasteiger partial charge in [0.05, 0.1) is 17.4 Å². The Morgan fingerprint density at radius 3 is 2.36 bits per heavy atom. The number of halogens is 2. The van der Waals surface area contributed by atoms with Crippen LogP contribution < -0.4 is 0 Å². The molecule has 0 radical (unpaired) electrons. The maximum absolute atomic E-state index is 12.7. The summed E-state index contributed by atoms with van der Waals surface area (Å²) in [5.41, 5.74) is 2.03. The van der Waals surface area contributed by atoms with Gasteiger partial charge in [-0.25, -0.2) is 4.39 Å². The van der Waals surface area contributed by atoms with Crippen LogP contribution in [0.25, 0.3) is 0 Å². The smallest absolute Gasteiger partial charge is 0.123 e. The van der Waals surface area contributed by atoms with Gasteiger partial charge in [-0.15, -0.1) is 0 Å². The van der Waals surface area contributed by atoms with E-state index in [9.17, 15) is 4.39 Å². The summed E-state index contributed by atoms with van der Waals surface area (Å²) in [7, 11) is 0. The molecular weight excluding hydrogens is 247 g/mol. The lowest BCUT2D eigenvalue weighted by Crippen LogP contribution is -1.90. The van der Waals surface area contributed by atoms with Crippen molar-refractivity contribution >= 4 is 15.9 Å². The standard InChI is InChI=1S/C11H8BrFO/c12-11(9-5-6-14-7-9)8-1-3-10(13)4-2-8/h1-7,11H. The Bertz CT molecular complexity index is 394. The van der Waals surface area contributed by atoms with Crippen LogP contribution in [0, 0.1) is 5.82 Å². The fourth-order valence-electron chi connectivity index (χ4n) is 1.24. The van der Waals surface area contributed by atoms with Crippen LogP contribution in [0.2, 0.25) is 0 Å². The molecule has 0 N–H and O–H groups in total. The summed E-state index contributed by atoms with van der Waals surface area (Å²) in [6.07, 6.45) is 3.29. The first-order valence-electron chi connectivity index (χ1n) is 4.19. The van der Waals surface area contributed by atoms with Crippen molar-refractivity contribution in [3.8, 4) is 0 Å². The molecule has 0 saturated carbocycles. The van der Waals surface area contributed by atoms with Gasteiger partial charge in [0.1, 0.15) is 5.82 Å². The van der Waals surface area contributed by atoms with Crippen molar-refractivity contribution in [3.63, 3.8) is 0 Å². The van der Waals surface area contributed by atoms with Gasteiger partial charge < -0.3 is 4.42 Å². The van der Waals surface area contributed by atoms with Crippen LogP contribution in [0.5, 0.6) is 0 Å². The Hall–Kier alpha value is -1.09. The first-order valence-corrected chi connectivity index (χ1v) is 5.10. The minimum absolute atomic E-state index is 0.0573. The largest absolute Gasteiger partial charge is 0.472 e. The number of benzene rings is 1. The predicted molar refractivity (Wildman–Crippen MR) is 55.9 cm³/mol. The van der Waals surface area contributed by atoms with Crippen molar-refractivity contribution in [1.29, 1.82) is 0 Å². The van der Waals surface area contributed by atoms with E-state index in [1.807, 2.05) is 6.07 Å². The van der Waals surface area contributed by atoms with Crippen molar-refractivity contribution in [3.05, 3.63) is 59.8 Å². The highest BCUT2D eigenvalue weighted by Gasteiger charge is 2.10. The average Bonchev–Trinajstić information content (AvgIpc) is 2.71. The quantitative estimate of drug-likeness (QED) is 0.741. The van der Waals surface area contributed by atoms with Gasteiger partial charge in [-0.2, -0.15) is 0 Å². The number of furan rings is 1. The van der Waals surface area contributed by atoms with Crippen molar-refractivity contribution in [2.24, 2.45) is 0 Å². The summed E-state index contributed by atoms with van der Waals surface area (Å²) < 4.78 is 17.6. The van der Waals surface area contributed by atoms with E-state index in [2.05, 4.69) is 15.9 Å². The molecule has 1 nitrogen and oxygen atoms in total. The zero-order chi connectivity index (χ0) is 9.97.